The summed E-state index contributed by atoms with van der Waals surface area (Å²) in [5, 5.41) is 2.67. The first-order chi connectivity index (χ1) is 16.9. The van der Waals surface area contributed by atoms with Crippen LogP contribution in [0.1, 0.15) is 55.9 Å². The number of alkyl halides is 3. The summed E-state index contributed by atoms with van der Waals surface area (Å²) in [5.74, 6) is -4.51. The standard InChI is InChI=1S/C29H32ClF3N2O/c1-5-6-10-26(34-18-20(3)30)29(35-27(36)22-11-12-22,17-21-9-7-8-19(2)13-21)24-14-23(28(4,32)33)15-25(31)16-24/h5-10,13-16,18,20,22H,11-12,17H2,1-4H3,(H,35,36)/b6-5+,26-10-,34-18?/t20?,29-/m0/s1. The molecule has 0 aliphatic heterocycles. The summed E-state index contributed by atoms with van der Waals surface area (Å²) in [6.45, 7) is 6.22. The lowest BCUT2D eigenvalue weighted by Gasteiger charge is -2.37. The van der Waals surface area contributed by atoms with E-state index in [2.05, 4.69) is 10.3 Å². The molecule has 0 heterocycles. The van der Waals surface area contributed by atoms with Crippen LogP contribution in [0.25, 0.3) is 0 Å². The maximum absolute atomic E-state index is 14.9. The van der Waals surface area contributed by atoms with Crippen LogP contribution in [0.15, 0.2) is 71.4 Å². The molecule has 1 aliphatic carbocycles. The Morgan fingerprint density at radius 1 is 1.22 bits per heavy atom. The fraction of sp³-hybridized carbons (Fsp3) is 0.379. The average Bonchev–Trinajstić information content (AvgIpc) is 3.63. The van der Waals surface area contributed by atoms with Crippen molar-refractivity contribution in [3.8, 4) is 0 Å². The molecule has 192 valence electrons. The molecule has 0 radical (unpaired) electrons. The third-order valence-electron chi connectivity index (χ3n) is 6.04. The topological polar surface area (TPSA) is 41.5 Å². The fourth-order valence-corrected chi connectivity index (χ4v) is 4.12. The van der Waals surface area contributed by atoms with E-state index in [0.29, 0.717) is 5.70 Å². The SMILES string of the molecule is C/C=C/C=C(\N=CC(C)Cl)[C@@](Cc1cccc(C)c1)(NC(=O)C1CC1)c1cc(F)cc(C(C)(F)F)c1. The molecular weight excluding hydrogens is 485 g/mol. The lowest BCUT2D eigenvalue weighted by molar-refractivity contribution is -0.124. The molecule has 1 saturated carbocycles. The van der Waals surface area contributed by atoms with Crippen molar-refractivity contribution < 1.29 is 18.0 Å². The average molecular weight is 517 g/mol. The highest BCUT2D eigenvalue weighted by molar-refractivity contribution is 6.27. The van der Waals surface area contributed by atoms with E-state index < -0.39 is 28.2 Å². The highest BCUT2D eigenvalue weighted by atomic mass is 35.5. The van der Waals surface area contributed by atoms with Crippen LogP contribution < -0.4 is 5.32 Å². The number of halogens is 4. The van der Waals surface area contributed by atoms with Crippen molar-refractivity contribution in [2.45, 2.75) is 63.8 Å². The van der Waals surface area contributed by atoms with Crippen LogP contribution in [0.5, 0.6) is 0 Å². The molecule has 2 aromatic carbocycles. The predicted octanol–water partition coefficient (Wildman–Crippen LogP) is 7.37. The number of hydrogen-bond acceptors (Lipinski definition) is 2. The molecule has 1 aliphatic rings. The van der Waals surface area contributed by atoms with Crippen LogP contribution in [0, 0.1) is 18.7 Å². The van der Waals surface area contributed by atoms with Gasteiger partial charge in [-0.05, 0) is 69.0 Å². The van der Waals surface area contributed by atoms with Gasteiger partial charge in [-0.1, -0.05) is 42.0 Å². The van der Waals surface area contributed by atoms with Crippen molar-refractivity contribution in [3.05, 3.63) is 94.5 Å². The number of rotatable bonds is 10. The smallest absolute Gasteiger partial charge is 0.270 e. The molecule has 0 aromatic heterocycles. The lowest BCUT2D eigenvalue weighted by Crippen LogP contribution is -2.49. The van der Waals surface area contributed by atoms with Crippen LogP contribution in [-0.2, 0) is 22.7 Å². The van der Waals surface area contributed by atoms with Crippen molar-refractivity contribution >= 4 is 23.7 Å². The van der Waals surface area contributed by atoms with Gasteiger partial charge in [0.2, 0.25) is 5.91 Å². The number of carbonyl (C=O) groups is 1. The van der Waals surface area contributed by atoms with Gasteiger partial charge in [0.25, 0.3) is 5.92 Å². The van der Waals surface area contributed by atoms with Crippen molar-refractivity contribution in [3.63, 3.8) is 0 Å². The molecule has 2 aromatic rings. The van der Waals surface area contributed by atoms with Gasteiger partial charge in [0.1, 0.15) is 11.4 Å². The van der Waals surface area contributed by atoms with Gasteiger partial charge in [-0.25, -0.2) is 13.2 Å². The first-order valence-electron chi connectivity index (χ1n) is 12.0. The molecular formula is C29H32ClF3N2O. The Labute approximate surface area is 216 Å². The van der Waals surface area contributed by atoms with Crippen LogP contribution >= 0.6 is 11.6 Å². The molecule has 2 atom stereocenters. The minimum Gasteiger partial charge on any atom is -0.340 e. The summed E-state index contributed by atoms with van der Waals surface area (Å²) in [6, 6.07) is 10.9. The van der Waals surface area contributed by atoms with Gasteiger partial charge in [0, 0.05) is 31.0 Å². The number of allylic oxidation sites excluding steroid dienone is 3. The molecule has 36 heavy (non-hydrogen) atoms. The normalized spacial score (nSPS) is 17.4. The van der Waals surface area contributed by atoms with E-state index in [1.165, 1.54) is 18.3 Å². The van der Waals surface area contributed by atoms with Gasteiger partial charge in [-0.2, -0.15) is 0 Å². The van der Waals surface area contributed by atoms with Crippen molar-refractivity contribution in [1.29, 1.82) is 0 Å². The van der Waals surface area contributed by atoms with E-state index in [-0.39, 0.29) is 23.8 Å². The molecule has 3 nitrogen and oxygen atoms in total. The van der Waals surface area contributed by atoms with Crippen LogP contribution in [0.2, 0.25) is 0 Å². The summed E-state index contributed by atoms with van der Waals surface area (Å²) in [6.07, 6.45) is 8.40. The van der Waals surface area contributed by atoms with Crippen LogP contribution in [0.3, 0.4) is 0 Å². The molecule has 7 heteroatoms. The second kappa shape index (κ2) is 11.5. The number of amides is 1. The van der Waals surface area contributed by atoms with Crippen LogP contribution in [0.4, 0.5) is 13.2 Å². The maximum atomic E-state index is 14.9. The summed E-state index contributed by atoms with van der Waals surface area (Å²) in [7, 11) is 0. The molecule has 3 rings (SSSR count). The zero-order valence-electron chi connectivity index (χ0n) is 21.0. The van der Waals surface area contributed by atoms with Gasteiger partial charge < -0.3 is 5.32 Å². The van der Waals surface area contributed by atoms with Gasteiger partial charge in [0.05, 0.1) is 11.1 Å². The van der Waals surface area contributed by atoms with E-state index in [1.807, 2.05) is 38.1 Å². The monoisotopic (exact) mass is 516 g/mol. The first-order valence-corrected chi connectivity index (χ1v) is 12.5. The Bertz CT molecular complexity index is 1180. The molecule has 1 N–H and O–H groups in total. The van der Waals surface area contributed by atoms with E-state index in [1.54, 1.807) is 25.2 Å². The highest BCUT2D eigenvalue weighted by Gasteiger charge is 2.43. The molecule has 1 fully saturated rings. The van der Waals surface area contributed by atoms with E-state index >= 15 is 0 Å². The third-order valence-corrected chi connectivity index (χ3v) is 6.15. The summed E-state index contributed by atoms with van der Waals surface area (Å²) in [4.78, 5) is 17.9. The van der Waals surface area contributed by atoms with Gasteiger partial charge in [-0.3, -0.25) is 9.79 Å². The minimum atomic E-state index is -3.28. The molecule has 0 saturated heterocycles. The van der Waals surface area contributed by atoms with Crippen molar-refractivity contribution in [1.82, 2.24) is 5.32 Å². The zero-order chi connectivity index (χ0) is 26.5. The second-order valence-corrected chi connectivity index (χ2v) is 10.2. The van der Waals surface area contributed by atoms with E-state index in [0.717, 1.165) is 37.0 Å². The van der Waals surface area contributed by atoms with Crippen molar-refractivity contribution in [2.75, 3.05) is 0 Å². The third kappa shape index (κ3) is 7.10. The van der Waals surface area contributed by atoms with Crippen LogP contribution in [-0.4, -0.2) is 17.5 Å². The zero-order valence-corrected chi connectivity index (χ0v) is 21.8. The van der Waals surface area contributed by atoms with E-state index in [4.69, 9.17) is 11.6 Å². The molecule has 0 bridgehead atoms. The predicted molar refractivity (Wildman–Crippen MR) is 140 cm³/mol. The molecule has 1 unspecified atom stereocenters. The Kier molecular flexibility index (Phi) is 8.83. The molecule has 0 spiro atoms. The number of nitrogens with one attached hydrogen (secondary N) is 1. The number of carbonyl (C=O) groups excluding carboxylic acids is 1. The summed E-state index contributed by atoms with van der Waals surface area (Å²) < 4.78 is 43.7. The second-order valence-electron chi connectivity index (χ2n) is 9.49. The quantitative estimate of drug-likeness (QED) is 0.200. The number of nitrogens with zero attached hydrogens (tertiary/aromatic N) is 1. The Morgan fingerprint density at radius 3 is 2.50 bits per heavy atom. The Balaban J connectivity index is 2.36. The minimum absolute atomic E-state index is 0.169. The largest absolute Gasteiger partial charge is 0.340 e. The highest BCUT2D eigenvalue weighted by Crippen LogP contribution is 2.40. The van der Waals surface area contributed by atoms with Crippen molar-refractivity contribution in [2.24, 2.45) is 10.9 Å². The number of aryl methyl sites for hydroxylation is 1. The van der Waals surface area contributed by atoms with Gasteiger partial charge in [-0.15, -0.1) is 11.6 Å². The fourth-order valence-electron chi connectivity index (χ4n) is 4.06. The van der Waals surface area contributed by atoms with E-state index in [9.17, 15) is 18.0 Å². The summed E-state index contributed by atoms with van der Waals surface area (Å²) in [5.41, 5.74) is 0.459. The number of benzene rings is 2. The Morgan fingerprint density at radius 2 is 1.92 bits per heavy atom. The lowest BCUT2D eigenvalue weighted by atomic mass is 9.79. The van der Waals surface area contributed by atoms with Gasteiger partial charge in [0.15, 0.2) is 0 Å². The number of aliphatic imine (C=N–C) groups is 1. The first kappa shape index (κ1) is 27.7. The number of hydrogen-bond donors (Lipinski definition) is 1. The Hall–Kier alpha value is -2.86. The van der Waals surface area contributed by atoms with Gasteiger partial charge >= 0.3 is 0 Å². The summed E-state index contributed by atoms with van der Waals surface area (Å²) >= 11 is 6.17. The maximum Gasteiger partial charge on any atom is 0.270 e. The molecule has 1 amide bonds.